The van der Waals surface area contributed by atoms with Gasteiger partial charge in [-0.1, -0.05) is 12.1 Å². The molecular weight excluding hydrogens is 392 g/mol. The van der Waals surface area contributed by atoms with E-state index in [-0.39, 0.29) is 17.3 Å². The van der Waals surface area contributed by atoms with E-state index in [9.17, 15) is 4.79 Å². The van der Waals surface area contributed by atoms with E-state index in [1.54, 1.807) is 24.7 Å². The van der Waals surface area contributed by atoms with E-state index in [4.69, 9.17) is 11.5 Å². The summed E-state index contributed by atoms with van der Waals surface area (Å²) in [6, 6.07) is 9.46. The van der Waals surface area contributed by atoms with Crippen molar-refractivity contribution in [3.63, 3.8) is 0 Å². The third-order valence-electron chi connectivity index (χ3n) is 5.80. The lowest BCUT2D eigenvalue weighted by Crippen LogP contribution is -2.44. The molecule has 1 atom stereocenters. The predicted molar refractivity (Wildman–Crippen MR) is 118 cm³/mol. The average molecular weight is 416 g/mol. The Kier molecular flexibility index (Phi) is 4.74. The van der Waals surface area contributed by atoms with Gasteiger partial charge < -0.3 is 22.1 Å². The second kappa shape index (κ2) is 7.59. The lowest BCUT2D eigenvalue weighted by atomic mass is 10.0. The number of nitrogens with one attached hydrogen (secondary N) is 2. The van der Waals surface area contributed by atoms with Crippen LogP contribution in [0.25, 0.3) is 11.4 Å². The lowest BCUT2D eigenvalue weighted by molar-refractivity contribution is 0.0996. The van der Waals surface area contributed by atoms with Gasteiger partial charge in [-0.2, -0.15) is 0 Å². The monoisotopic (exact) mass is 416 g/mol. The zero-order valence-electron chi connectivity index (χ0n) is 17.0. The first-order chi connectivity index (χ1) is 15.0. The molecule has 0 spiro atoms. The number of hydrogen-bond acceptors (Lipinski definition) is 8. The number of benzene rings is 1. The highest BCUT2D eigenvalue weighted by atomic mass is 16.1. The Morgan fingerprint density at radius 3 is 2.58 bits per heavy atom. The van der Waals surface area contributed by atoms with Crippen LogP contribution in [0.1, 0.15) is 36.2 Å². The van der Waals surface area contributed by atoms with Crippen molar-refractivity contribution in [2.45, 2.75) is 37.3 Å². The fraction of sp³-hybridized carbons (Fsp3) is 0.318. The number of aromatic nitrogens is 4. The third-order valence-corrected chi connectivity index (χ3v) is 5.80. The molecule has 2 saturated carbocycles. The molecule has 9 heteroatoms. The summed E-state index contributed by atoms with van der Waals surface area (Å²) in [6.07, 6.45) is 9.27. The van der Waals surface area contributed by atoms with Gasteiger partial charge in [-0.25, -0.2) is 19.9 Å². The Balaban J connectivity index is 1.43. The van der Waals surface area contributed by atoms with Gasteiger partial charge >= 0.3 is 0 Å². The van der Waals surface area contributed by atoms with Crippen LogP contribution in [-0.4, -0.2) is 37.4 Å². The van der Waals surface area contributed by atoms with Crippen LogP contribution in [0.15, 0.2) is 48.9 Å². The van der Waals surface area contributed by atoms with Gasteiger partial charge in [0.1, 0.15) is 5.82 Å². The van der Waals surface area contributed by atoms with Crippen molar-refractivity contribution in [3.05, 3.63) is 54.6 Å². The molecule has 31 heavy (non-hydrogen) atoms. The van der Waals surface area contributed by atoms with E-state index in [2.05, 4.69) is 30.6 Å². The van der Waals surface area contributed by atoms with Crippen LogP contribution >= 0.6 is 0 Å². The van der Waals surface area contributed by atoms with Crippen LogP contribution in [0.4, 0.5) is 17.3 Å². The molecule has 0 unspecified atom stereocenters. The molecule has 0 aliphatic heterocycles. The number of rotatable bonds is 8. The number of carbonyl (C=O) groups excluding carboxylic acids is 1. The number of hydrogen-bond donors (Lipinski definition) is 4. The van der Waals surface area contributed by atoms with E-state index in [1.165, 1.54) is 12.8 Å². The molecule has 1 aromatic carbocycles. The van der Waals surface area contributed by atoms with Crippen molar-refractivity contribution in [2.24, 2.45) is 17.4 Å². The Hall–Kier alpha value is -3.59. The Morgan fingerprint density at radius 1 is 1.13 bits per heavy atom. The van der Waals surface area contributed by atoms with E-state index in [0.717, 1.165) is 24.1 Å². The fourth-order valence-corrected chi connectivity index (χ4v) is 3.82. The van der Waals surface area contributed by atoms with E-state index in [1.807, 2.05) is 24.3 Å². The van der Waals surface area contributed by atoms with E-state index in [0.29, 0.717) is 23.4 Å². The van der Waals surface area contributed by atoms with Crippen LogP contribution in [0.3, 0.4) is 0 Å². The van der Waals surface area contributed by atoms with E-state index < -0.39 is 5.91 Å². The number of nitrogens with zero attached hydrogens (tertiary/aromatic N) is 4. The highest BCUT2D eigenvalue weighted by molar-refractivity contribution is 5.96. The molecule has 2 aliphatic rings. The first-order valence-corrected chi connectivity index (χ1v) is 10.4. The number of primary amides is 1. The third kappa shape index (κ3) is 4.17. The maximum absolute atomic E-state index is 11.9. The molecule has 0 bridgehead atoms. The van der Waals surface area contributed by atoms with Gasteiger partial charge in [0, 0.05) is 35.2 Å². The van der Waals surface area contributed by atoms with Gasteiger partial charge in [-0.05, 0) is 49.8 Å². The summed E-state index contributed by atoms with van der Waals surface area (Å²) in [4.78, 5) is 29.4. The molecule has 2 heterocycles. The van der Waals surface area contributed by atoms with Gasteiger partial charge in [-0.3, -0.25) is 4.79 Å². The lowest BCUT2D eigenvalue weighted by Gasteiger charge is -2.25. The number of anilines is 3. The highest BCUT2D eigenvalue weighted by Gasteiger charge is 2.51. The predicted octanol–water partition coefficient (Wildman–Crippen LogP) is 2.46. The SMILES string of the molecule is NC(=O)c1ncc(N[C@H](C2CC2)C2(N)CC2)nc1Nc1cccc(-c2ncccn2)c1. The van der Waals surface area contributed by atoms with Crippen LogP contribution in [0.5, 0.6) is 0 Å². The summed E-state index contributed by atoms with van der Waals surface area (Å²) >= 11 is 0. The summed E-state index contributed by atoms with van der Waals surface area (Å²) in [5, 5.41) is 6.64. The largest absolute Gasteiger partial charge is 0.364 e. The van der Waals surface area contributed by atoms with E-state index >= 15 is 0 Å². The van der Waals surface area contributed by atoms with Gasteiger partial charge in [-0.15, -0.1) is 0 Å². The molecular formula is C22H24N8O. The Labute approximate surface area is 179 Å². The summed E-state index contributed by atoms with van der Waals surface area (Å²) in [6.45, 7) is 0. The van der Waals surface area contributed by atoms with Crippen LogP contribution in [0, 0.1) is 5.92 Å². The summed E-state index contributed by atoms with van der Waals surface area (Å²) in [5.74, 6) is 1.38. The van der Waals surface area contributed by atoms with Crippen LogP contribution in [0.2, 0.25) is 0 Å². The minimum Gasteiger partial charge on any atom is -0.364 e. The van der Waals surface area contributed by atoms with Crippen molar-refractivity contribution >= 4 is 23.2 Å². The molecule has 0 radical (unpaired) electrons. The number of carbonyl (C=O) groups is 1. The second-order valence-electron chi connectivity index (χ2n) is 8.29. The van der Waals surface area contributed by atoms with Gasteiger partial charge in [0.25, 0.3) is 5.91 Å². The maximum Gasteiger partial charge on any atom is 0.271 e. The standard InChI is InChI=1S/C22H24N8O/c23-19(31)17-21(28-15-4-1-3-14(11-15)20-25-9-2-10-26-20)30-16(12-27-17)29-18(13-5-6-13)22(24)7-8-22/h1-4,9-13,18H,5-8,24H2,(H2,23,31)(H2,28,29,30)/t18-/m1/s1. The highest BCUT2D eigenvalue weighted by Crippen LogP contribution is 2.47. The van der Waals surface area contributed by atoms with Gasteiger partial charge in [0.15, 0.2) is 17.3 Å². The van der Waals surface area contributed by atoms with Crippen molar-refractivity contribution in [2.75, 3.05) is 10.6 Å². The molecule has 3 aromatic rings. The molecule has 1 amide bonds. The topological polar surface area (TPSA) is 145 Å². The zero-order chi connectivity index (χ0) is 21.4. The van der Waals surface area contributed by atoms with Crippen molar-refractivity contribution in [1.29, 1.82) is 0 Å². The summed E-state index contributed by atoms with van der Waals surface area (Å²) < 4.78 is 0. The number of amides is 1. The minimum absolute atomic E-state index is 0.0729. The smallest absolute Gasteiger partial charge is 0.271 e. The number of nitrogens with two attached hydrogens (primary N) is 2. The van der Waals surface area contributed by atoms with Crippen LogP contribution in [-0.2, 0) is 0 Å². The van der Waals surface area contributed by atoms with Gasteiger partial charge in [0.05, 0.1) is 6.20 Å². The molecule has 158 valence electrons. The summed E-state index contributed by atoms with van der Waals surface area (Å²) in [7, 11) is 0. The molecule has 5 rings (SSSR count). The minimum atomic E-state index is -0.652. The quantitative estimate of drug-likeness (QED) is 0.438. The molecule has 2 fully saturated rings. The molecule has 6 N–H and O–H groups in total. The first-order valence-electron chi connectivity index (χ1n) is 10.4. The summed E-state index contributed by atoms with van der Waals surface area (Å²) in [5.41, 5.74) is 13.5. The Morgan fingerprint density at radius 2 is 1.90 bits per heavy atom. The normalized spacial score (nSPS) is 17.6. The molecule has 9 nitrogen and oxygen atoms in total. The van der Waals surface area contributed by atoms with Gasteiger partial charge in [0.2, 0.25) is 0 Å². The molecule has 2 aliphatic carbocycles. The van der Waals surface area contributed by atoms with Crippen molar-refractivity contribution in [1.82, 2.24) is 19.9 Å². The average Bonchev–Trinajstić information content (AvgIpc) is 3.70. The molecule has 0 saturated heterocycles. The maximum atomic E-state index is 11.9. The second-order valence-corrected chi connectivity index (χ2v) is 8.29. The fourth-order valence-electron chi connectivity index (χ4n) is 3.82. The zero-order valence-corrected chi connectivity index (χ0v) is 17.0. The molecule has 2 aromatic heterocycles. The Bertz CT molecular complexity index is 1110. The van der Waals surface area contributed by atoms with Crippen molar-refractivity contribution < 1.29 is 4.79 Å². The van der Waals surface area contributed by atoms with Crippen molar-refractivity contribution in [3.8, 4) is 11.4 Å². The van der Waals surface area contributed by atoms with Crippen LogP contribution < -0.4 is 22.1 Å². The first kappa shape index (κ1) is 19.4.